The summed E-state index contributed by atoms with van der Waals surface area (Å²) in [5.41, 5.74) is 8.20. The molecule has 1 aromatic carbocycles. The highest BCUT2D eigenvalue weighted by atomic mass is 79.9. The van der Waals surface area contributed by atoms with E-state index in [1.165, 1.54) is 12.0 Å². The zero-order chi connectivity index (χ0) is 15.8. The Morgan fingerprint density at radius 1 is 1.26 bits per heavy atom. The van der Waals surface area contributed by atoms with Crippen molar-refractivity contribution in [1.29, 1.82) is 0 Å². The third-order valence-corrected chi connectivity index (χ3v) is 5.01. The molecule has 0 aliphatic carbocycles. The zero-order valence-electron chi connectivity index (χ0n) is 12.7. The van der Waals surface area contributed by atoms with E-state index in [1.54, 1.807) is 6.20 Å². The van der Waals surface area contributed by atoms with E-state index in [-0.39, 0.29) is 0 Å². The van der Waals surface area contributed by atoms with Gasteiger partial charge in [0.05, 0.1) is 6.04 Å². The van der Waals surface area contributed by atoms with Gasteiger partial charge >= 0.3 is 0 Å². The molecule has 23 heavy (non-hydrogen) atoms. The van der Waals surface area contributed by atoms with Gasteiger partial charge in [-0.25, -0.2) is 9.97 Å². The third kappa shape index (κ3) is 2.62. The summed E-state index contributed by atoms with van der Waals surface area (Å²) in [6, 6.07) is 10.9. The molecule has 0 radical (unpaired) electrons. The van der Waals surface area contributed by atoms with E-state index in [0.29, 0.717) is 11.9 Å². The SMILES string of the molecule is Nc1nccn2c(C3CCCN3Cc3ccccc3)nc(Br)c12. The van der Waals surface area contributed by atoms with Gasteiger partial charge in [-0.1, -0.05) is 30.3 Å². The molecule has 118 valence electrons. The molecule has 0 saturated carbocycles. The first-order valence-corrected chi connectivity index (χ1v) is 8.59. The summed E-state index contributed by atoms with van der Waals surface area (Å²) in [6.07, 6.45) is 5.97. The van der Waals surface area contributed by atoms with Gasteiger partial charge in [-0.2, -0.15) is 0 Å². The van der Waals surface area contributed by atoms with Gasteiger partial charge in [-0.05, 0) is 40.9 Å². The smallest absolute Gasteiger partial charge is 0.150 e. The summed E-state index contributed by atoms with van der Waals surface area (Å²) in [4.78, 5) is 11.4. The summed E-state index contributed by atoms with van der Waals surface area (Å²) in [7, 11) is 0. The Morgan fingerprint density at radius 2 is 2.09 bits per heavy atom. The number of hydrogen-bond acceptors (Lipinski definition) is 4. The normalized spacial score (nSPS) is 18.7. The van der Waals surface area contributed by atoms with Crippen molar-refractivity contribution in [2.24, 2.45) is 0 Å². The lowest BCUT2D eigenvalue weighted by Crippen LogP contribution is -2.24. The van der Waals surface area contributed by atoms with Crippen molar-refractivity contribution in [3.05, 3.63) is 58.7 Å². The Labute approximate surface area is 143 Å². The lowest BCUT2D eigenvalue weighted by Gasteiger charge is -2.23. The highest BCUT2D eigenvalue weighted by molar-refractivity contribution is 9.10. The van der Waals surface area contributed by atoms with Crippen molar-refractivity contribution in [2.45, 2.75) is 25.4 Å². The van der Waals surface area contributed by atoms with E-state index in [9.17, 15) is 0 Å². The molecule has 1 aliphatic rings. The minimum atomic E-state index is 0.302. The monoisotopic (exact) mass is 371 g/mol. The molecule has 4 rings (SSSR count). The van der Waals surface area contributed by atoms with Gasteiger partial charge in [0.15, 0.2) is 5.82 Å². The van der Waals surface area contributed by atoms with Gasteiger partial charge in [0, 0.05) is 18.9 Å². The maximum absolute atomic E-state index is 6.01. The summed E-state index contributed by atoms with van der Waals surface area (Å²) in [5.74, 6) is 1.54. The van der Waals surface area contributed by atoms with Gasteiger partial charge in [0.25, 0.3) is 0 Å². The molecule has 3 aromatic rings. The van der Waals surface area contributed by atoms with Crippen LogP contribution < -0.4 is 5.73 Å². The maximum Gasteiger partial charge on any atom is 0.150 e. The number of hydrogen-bond donors (Lipinski definition) is 1. The minimum Gasteiger partial charge on any atom is -0.382 e. The predicted molar refractivity (Wildman–Crippen MR) is 93.9 cm³/mol. The van der Waals surface area contributed by atoms with Crippen LogP contribution in [0.1, 0.15) is 30.3 Å². The van der Waals surface area contributed by atoms with Crippen LogP contribution in [0.2, 0.25) is 0 Å². The number of fused-ring (bicyclic) bond motifs is 1. The number of aromatic nitrogens is 3. The fourth-order valence-corrected chi connectivity index (χ4v) is 3.98. The van der Waals surface area contributed by atoms with Gasteiger partial charge in [-0.3, -0.25) is 9.30 Å². The van der Waals surface area contributed by atoms with Crippen LogP contribution in [-0.4, -0.2) is 25.8 Å². The van der Waals surface area contributed by atoms with Gasteiger partial charge < -0.3 is 5.73 Å². The second kappa shape index (κ2) is 5.94. The molecular weight excluding hydrogens is 354 g/mol. The highest BCUT2D eigenvalue weighted by Gasteiger charge is 2.30. The first kappa shape index (κ1) is 14.7. The summed E-state index contributed by atoms with van der Waals surface area (Å²) < 4.78 is 2.84. The molecule has 0 spiro atoms. The van der Waals surface area contributed by atoms with Crippen molar-refractivity contribution in [2.75, 3.05) is 12.3 Å². The van der Waals surface area contributed by atoms with Crippen LogP contribution in [0.25, 0.3) is 5.52 Å². The molecule has 0 amide bonds. The molecule has 1 fully saturated rings. The third-order valence-electron chi connectivity index (χ3n) is 4.46. The van der Waals surface area contributed by atoms with Gasteiger partial charge in [0.1, 0.15) is 15.9 Å². The molecule has 2 N–H and O–H groups in total. The Hall–Kier alpha value is -1.92. The topological polar surface area (TPSA) is 59.4 Å². The number of nitrogens with two attached hydrogens (primary N) is 1. The number of anilines is 1. The van der Waals surface area contributed by atoms with E-state index < -0.39 is 0 Å². The minimum absolute atomic E-state index is 0.302. The molecular formula is C17H18BrN5. The number of nitrogens with zero attached hydrogens (tertiary/aromatic N) is 4. The largest absolute Gasteiger partial charge is 0.382 e. The van der Waals surface area contributed by atoms with Crippen LogP contribution in [0.4, 0.5) is 5.82 Å². The lowest BCUT2D eigenvalue weighted by atomic mass is 10.1. The van der Waals surface area contributed by atoms with Crippen molar-refractivity contribution in [3.63, 3.8) is 0 Å². The number of benzene rings is 1. The average Bonchev–Trinajstić information content (AvgIpc) is 3.13. The highest BCUT2D eigenvalue weighted by Crippen LogP contribution is 2.35. The summed E-state index contributed by atoms with van der Waals surface area (Å²) in [6.45, 7) is 2.03. The van der Waals surface area contributed by atoms with E-state index in [1.807, 2.05) is 6.20 Å². The van der Waals surface area contributed by atoms with Gasteiger partial charge in [0.2, 0.25) is 0 Å². The maximum atomic E-state index is 6.01. The molecule has 2 aromatic heterocycles. The van der Waals surface area contributed by atoms with Crippen LogP contribution in [0.15, 0.2) is 47.3 Å². The molecule has 1 unspecified atom stereocenters. The molecule has 1 saturated heterocycles. The van der Waals surface area contributed by atoms with Crippen LogP contribution in [-0.2, 0) is 6.54 Å². The first-order valence-electron chi connectivity index (χ1n) is 7.80. The summed E-state index contributed by atoms with van der Waals surface area (Å²) in [5, 5.41) is 0. The second-order valence-electron chi connectivity index (χ2n) is 5.91. The van der Waals surface area contributed by atoms with E-state index >= 15 is 0 Å². The van der Waals surface area contributed by atoms with Crippen molar-refractivity contribution in [3.8, 4) is 0 Å². The number of imidazole rings is 1. The van der Waals surface area contributed by atoms with Crippen LogP contribution in [0, 0.1) is 0 Å². The Balaban J connectivity index is 1.71. The molecule has 6 heteroatoms. The zero-order valence-corrected chi connectivity index (χ0v) is 14.3. The van der Waals surface area contributed by atoms with E-state index in [4.69, 9.17) is 10.7 Å². The quantitative estimate of drug-likeness (QED) is 0.766. The fourth-order valence-electron chi connectivity index (χ4n) is 3.40. The molecule has 0 bridgehead atoms. The molecule has 1 atom stereocenters. The fraction of sp³-hybridized carbons (Fsp3) is 0.294. The Bertz CT molecular complexity index is 830. The number of halogens is 1. The Morgan fingerprint density at radius 3 is 2.91 bits per heavy atom. The second-order valence-corrected chi connectivity index (χ2v) is 6.66. The first-order chi connectivity index (χ1) is 11.2. The van der Waals surface area contributed by atoms with Crippen LogP contribution >= 0.6 is 15.9 Å². The standard InChI is InChI=1S/C17H18BrN5/c18-15-14-16(19)20-8-10-23(14)17(21-15)13-7-4-9-22(13)11-12-5-2-1-3-6-12/h1-3,5-6,8,10,13H,4,7,9,11H2,(H2,19,20). The Kier molecular flexibility index (Phi) is 3.79. The number of rotatable bonds is 3. The van der Waals surface area contributed by atoms with Crippen LogP contribution in [0.5, 0.6) is 0 Å². The number of likely N-dealkylation sites (tertiary alicyclic amines) is 1. The van der Waals surface area contributed by atoms with Gasteiger partial charge in [-0.15, -0.1) is 0 Å². The molecule has 1 aliphatic heterocycles. The number of nitrogen functional groups attached to an aromatic ring is 1. The molecule has 5 nitrogen and oxygen atoms in total. The van der Waals surface area contributed by atoms with Crippen molar-refractivity contribution < 1.29 is 0 Å². The van der Waals surface area contributed by atoms with Crippen molar-refractivity contribution >= 4 is 27.3 Å². The predicted octanol–water partition coefficient (Wildman–Crippen LogP) is 3.41. The average molecular weight is 372 g/mol. The van der Waals surface area contributed by atoms with E-state index in [0.717, 1.165) is 35.5 Å². The van der Waals surface area contributed by atoms with E-state index in [2.05, 4.69) is 60.5 Å². The molecule has 3 heterocycles. The summed E-state index contributed by atoms with van der Waals surface area (Å²) >= 11 is 3.53. The van der Waals surface area contributed by atoms with Crippen LogP contribution in [0.3, 0.4) is 0 Å². The lowest BCUT2D eigenvalue weighted by molar-refractivity contribution is 0.239. The van der Waals surface area contributed by atoms with Crippen molar-refractivity contribution in [1.82, 2.24) is 19.3 Å².